The largest absolute Gasteiger partial charge is 0.480 e. The van der Waals surface area contributed by atoms with Crippen LogP contribution in [0, 0.1) is 5.41 Å². The van der Waals surface area contributed by atoms with Gasteiger partial charge in [0.15, 0.2) is 5.41 Å². The molecule has 6 nitrogen and oxygen atoms in total. The van der Waals surface area contributed by atoms with E-state index in [0.717, 1.165) is 14.0 Å². The third-order valence-corrected chi connectivity index (χ3v) is 4.17. The number of carboxylic acids is 1. The summed E-state index contributed by atoms with van der Waals surface area (Å²) in [7, 11) is -2.23. The zero-order valence-electron chi connectivity index (χ0n) is 9.52. The summed E-state index contributed by atoms with van der Waals surface area (Å²) >= 11 is 0. The molecule has 0 bridgehead atoms. The van der Waals surface area contributed by atoms with Crippen LogP contribution in [0.5, 0.6) is 0 Å². The Morgan fingerprint density at radius 3 is 2.19 bits per heavy atom. The van der Waals surface area contributed by atoms with Crippen LogP contribution in [0.15, 0.2) is 0 Å². The first-order valence-electron chi connectivity index (χ1n) is 4.72. The summed E-state index contributed by atoms with van der Waals surface area (Å²) in [6, 6.07) is 0. The van der Waals surface area contributed by atoms with Gasteiger partial charge in [0.25, 0.3) is 0 Å². The lowest BCUT2D eigenvalue weighted by Gasteiger charge is -2.21. The summed E-state index contributed by atoms with van der Waals surface area (Å²) in [6.45, 7) is 2.62. The van der Waals surface area contributed by atoms with Crippen molar-refractivity contribution in [1.82, 2.24) is 0 Å². The Hall–Kier alpha value is -1.11. The van der Waals surface area contributed by atoms with Gasteiger partial charge in [-0.15, -0.1) is 0 Å². The maximum Gasteiger partial charge on any atom is 0.322 e. The van der Waals surface area contributed by atoms with Crippen LogP contribution in [0.2, 0.25) is 0 Å². The van der Waals surface area contributed by atoms with E-state index in [9.17, 15) is 18.0 Å². The van der Waals surface area contributed by atoms with Crippen LogP contribution >= 0.6 is 0 Å². The number of rotatable bonds is 6. The van der Waals surface area contributed by atoms with E-state index in [4.69, 9.17) is 5.11 Å². The number of aliphatic carboxylic acids is 1. The first-order valence-corrected chi connectivity index (χ1v) is 6.54. The Balaban J connectivity index is 4.86. The third kappa shape index (κ3) is 3.48. The molecule has 0 aliphatic heterocycles. The smallest absolute Gasteiger partial charge is 0.322 e. The van der Waals surface area contributed by atoms with E-state index < -0.39 is 27.2 Å². The summed E-state index contributed by atoms with van der Waals surface area (Å²) in [5, 5.41) is 8.91. The molecule has 7 heteroatoms. The van der Waals surface area contributed by atoms with Crippen LogP contribution in [-0.4, -0.2) is 44.1 Å². The highest BCUT2D eigenvalue weighted by atomic mass is 32.2. The number of hydrogen-bond donors (Lipinski definition) is 1. The predicted molar refractivity (Wildman–Crippen MR) is 56.7 cm³/mol. The van der Waals surface area contributed by atoms with Crippen molar-refractivity contribution in [2.45, 2.75) is 20.3 Å². The summed E-state index contributed by atoms with van der Waals surface area (Å²) in [6.07, 6.45) is -0.287. The van der Waals surface area contributed by atoms with Gasteiger partial charge in [-0.3, -0.25) is 9.59 Å². The molecule has 0 rings (SSSR count). The lowest BCUT2D eigenvalue weighted by atomic mass is 9.88. The molecule has 0 saturated heterocycles. The molecule has 0 saturated carbocycles. The summed E-state index contributed by atoms with van der Waals surface area (Å²) < 4.78 is 26.8. The zero-order valence-corrected chi connectivity index (χ0v) is 10.3. The molecule has 0 radical (unpaired) electrons. The number of esters is 1. The van der Waals surface area contributed by atoms with Crippen molar-refractivity contribution in [3.63, 3.8) is 0 Å². The van der Waals surface area contributed by atoms with Crippen LogP contribution in [0.25, 0.3) is 0 Å². The van der Waals surface area contributed by atoms with Crippen molar-refractivity contribution in [2.24, 2.45) is 5.41 Å². The first-order chi connectivity index (χ1) is 7.19. The molecule has 0 aromatic heterocycles. The Kier molecular flexibility index (Phi) is 4.92. The molecule has 1 N–H and O–H groups in total. The van der Waals surface area contributed by atoms with E-state index in [2.05, 4.69) is 4.74 Å². The van der Waals surface area contributed by atoms with E-state index in [1.807, 2.05) is 0 Å². The number of ether oxygens (including phenoxy) is 1. The normalized spacial score (nSPS) is 15.2. The van der Waals surface area contributed by atoms with Gasteiger partial charge in [-0.1, -0.05) is 6.92 Å². The van der Waals surface area contributed by atoms with E-state index in [1.54, 1.807) is 0 Å². The fourth-order valence-corrected chi connectivity index (χ4v) is 2.03. The lowest BCUT2D eigenvalue weighted by molar-refractivity contribution is -0.165. The minimum atomic E-state index is -3.30. The highest BCUT2D eigenvalue weighted by Gasteiger charge is 2.43. The maximum absolute atomic E-state index is 11.3. The number of methoxy groups -OCH3 is 1. The number of carbonyl (C=O) groups excluding carboxylic acids is 1. The molecule has 0 aromatic rings. The number of carboxylic acid groups (broad SMARTS) is 1. The minimum absolute atomic E-state index is 0.0795. The molecule has 0 aromatic carbocycles. The first kappa shape index (κ1) is 14.9. The molecule has 0 fully saturated rings. The highest BCUT2D eigenvalue weighted by molar-refractivity contribution is 7.91. The molecule has 0 spiro atoms. The van der Waals surface area contributed by atoms with E-state index in [-0.39, 0.29) is 17.9 Å². The molecule has 0 aliphatic rings. The lowest BCUT2D eigenvalue weighted by Crippen LogP contribution is -2.39. The SMILES string of the molecule is CCS(=O)(=O)CCC(C)(C(=O)O)C(=O)OC. The summed E-state index contributed by atoms with van der Waals surface area (Å²) in [5.41, 5.74) is -1.81. The molecular weight excluding hydrogens is 236 g/mol. The van der Waals surface area contributed by atoms with Gasteiger partial charge in [-0.2, -0.15) is 0 Å². The van der Waals surface area contributed by atoms with Gasteiger partial charge in [-0.05, 0) is 13.3 Å². The van der Waals surface area contributed by atoms with E-state index in [0.29, 0.717) is 0 Å². The number of sulfone groups is 1. The monoisotopic (exact) mass is 252 g/mol. The molecule has 94 valence electrons. The van der Waals surface area contributed by atoms with Crippen LogP contribution < -0.4 is 0 Å². The van der Waals surface area contributed by atoms with Crippen molar-refractivity contribution in [3.8, 4) is 0 Å². The Bertz CT molecular complexity index is 371. The molecule has 1 unspecified atom stereocenters. The van der Waals surface area contributed by atoms with E-state index in [1.165, 1.54) is 6.92 Å². The Labute approximate surface area is 94.5 Å². The standard InChI is InChI=1S/C9H16O6S/c1-4-16(13,14)6-5-9(2,7(10)11)8(12)15-3/h4-6H2,1-3H3,(H,10,11). The van der Waals surface area contributed by atoms with Crippen molar-refractivity contribution in [3.05, 3.63) is 0 Å². The molecule has 16 heavy (non-hydrogen) atoms. The quantitative estimate of drug-likeness (QED) is 0.531. The van der Waals surface area contributed by atoms with Crippen LogP contribution in [-0.2, 0) is 24.2 Å². The predicted octanol–water partition coefficient (Wildman–Crippen LogP) is 0.0751. The average Bonchev–Trinajstić information content (AvgIpc) is 2.24. The summed E-state index contributed by atoms with van der Waals surface area (Å²) in [5.74, 6) is -2.75. The molecule has 0 amide bonds. The van der Waals surface area contributed by atoms with Gasteiger partial charge in [0.1, 0.15) is 9.84 Å². The van der Waals surface area contributed by atoms with Crippen LogP contribution in [0.4, 0.5) is 0 Å². The van der Waals surface area contributed by atoms with Crippen molar-refractivity contribution >= 4 is 21.8 Å². The average molecular weight is 252 g/mol. The van der Waals surface area contributed by atoms with Crippen LogP contribution in [0.1, 0.15) is 20.3 Å². The van der Waals surface area contributed by atoms with Gasteiger partial charge < -0.3 is 9.84 Å². The van der Waals surface area contributed by atoms with Gasteiger partial charge in [0.2, 0.25) is 0 Å². The maximum atomic E-state index is 11.3. The molecule has 1 atom stereocenters. The van der Waals surface area contributed by atoms with E-state index >= 15 is 0 Å². The fraction of sp³-hybridized carbons (Fsp3) is 0.778. The fourth-order valence-electron chi connectivity index (χ4n) is 1.03. The second-order valence-corrected chi connectivity index (χ2v) is 6.09. The van der Waals surface area contributed by atoms with Gasteiger partial charge in [0.05, 0.1) is 12.9 Å². The van der Waals surface area contributed by atoms with Crippen molar-refractivity contribution in [1.29, 1.82) is 0 Å². The van der Waals surface area contributed by atoms with Crippen molar-refractivity contribution in [2.75, 3.05) is 18.6 Å². The van der Waals surface area contributed by atoms with Gasteiger partial charge in [0, 0.05) is 5.75 Å². The Morgan fingerprint density at radius 2 is 1.88 bits per heavy atom. The highest BCUT2D eigenvalue weighted by Crippen LogP contribution is 2.24. The third-order valence-electron chi connectivity index (χ3n) is 2.46. The second-order valence-electron chi connectivity index (χ2n) is 3.62. The topological polar surface area (TPSA) is 97.7 Å². The minimum Gasteiger partial charge on any atom is -0.480 e. The Morgan fingerprint density at radius 1 is 1.38 bits per heavy atom. The van der Waals surface area contributed by atoms with Gasteiger partial charge >= 0.3 is 11.9 Å². The van der Waals surface area contributed by atoms with Crippen molar-refractivity contribution < 1.29 is 27.9 Å². The molecule has 0 aliphatic carbocycles. The number of hydrogen-bond acceptors (Lipinski definition) is 5. The number of carbonyl (C=O) groups is 2. The van der Waals surface area contributed by atoms with Crippen LogP contribution in [0.3, 0.4) is 0 Å². The second kappa shape index (κ2) is 5.29. The van der Waals surface area contributed by atoms with Gasteiger partial charge in [-0.25, -0.2) is 8.42 Å². The molecular formula is C9H16O6S. The summed E-state index contributed by atoms with van der Waals surface area (Å²) in [4.78, 5) is 22.2. The molecule has 0 heterocycles. The zero-order chi connectivity index (χ0) is 13.0.